The van der Waals surface area contributed by atoms with Gasteiger partial charge in [-0.15, -0.1) is 0 Å². The summed E-state index contributed by atoms with van der Waals surface area (Å²) in [6.07, 6.45) is 1.27. The van der Waals surface area contributed by atoms with Crippen LogP contribution in [0.3, 0.4) is 0 Å². The molecule has 0 saturated heterocycles. The van der Waals surface area contributed by atoms with Gasteiger partial charge in [0.2, 0.25) is 0 Å². The Morgan fingerprint density at radius 1 is 1.12 bits per heavy atom. The van der Waals surface area contributed by atoms with Crippen molar-refractivity contribution in [2.75, 3.05) is 10.6 Å². The Balaban J connectivity index is 1.77. The van der Waals surface area contributed by atoms with Crippen LogP contribution in [0.15, 0.2) is 54.9 Å². The van der Waals surface area contributed by atoms with E-state index in [9.17, 15) is 9.18 Å². The van der Waals surface area contributed by atoms with Crippen LogP contribution in [0.2, 0.25) is 5.02 Å². The van der Waals surface area contributed by atoms with Gasteiger partial charge < -0.3 is 10.6 Å². The number of amides is 1. The average Bonchev–Trinajstić information content (AvgIpc) is 2.57. The van der Waals surface area contributed by atoms with Crippen molar-refractivity contribution >= 4 is 34.7 Å². The molecule has 1 aromatic heterocycles. The highest BCUT2D eigenvalue weighted by Gasteiger charge is 2.11. The van der Waals surface area contributed by atoms with E-state index in [1.807, 2.05) is 6.92 Å². The molecule has 0 aliphatic rings. The Kier molecular flexibility index (Phi) is 4.90. The second-order valence-corrected chi connectivity index (χ2v) is 5.77. The second kappa shape index (κ2) is 7.27. The number of carbonyl (C=O) groups excluding carboxylic acids is 1. The number of hydrogen-bond donors (Lipinski definition) is 2. The summed E-state index contributed by atoms with van der Waals surface area (Å²) in [6.45, 7) is 1.85. The number of benzene rings is 2. The molecule has 0 aliphatic carbocycles. The van der Waals surface area contributed by atoms with Crippen molar-refractivity contribution in [3.63, 3.8) is 0 Å². The maximum atomic E-state index is 13.2. The fraction of sp³-hybridized carbons (Fsp3) is 0.0556. The average molecular weight is 357 g/mol. The molecule has 3 aromatic rings. The van der Waals surface area contributed by atoms with E-state index in [1.54, 1.807) is 30.3 Å². The van der Waals surface area contributed by atoms with Gasteiger partial charge in [-0.05, 0) is 48.9 Å². The summed E-state index contributed by atoms with van der Waals surface area (Å²) in [5, 5.41) is 6.31. The lowest BCUT2D eigenvalue weighted by Crippen LogP contribution is -2.15. The lowest BCUT2D eigenvalue weighted by atomic mass is 10.2. The van der Waals surface area contributed by atoms with E-state index in [0.717, 1.165) is 5.56 Å². The highest BCUT2D eigenvalue weighted by Crippen LogP contribution is 2.21. The Labute approximate surface area is 148 Å². The van der Waals surface area contributed by atoms with Gasteiger partial charge in [-0.25, -0.2) is 14.4 Å². The number of rotatable bonds is 4. The quantitative estimate of drug-likeness (QED) is 0.718. The summed E-state index contributed by atoms with van der Waals surface area (Å²) in [7, 11) is 0. The molecule has 2 aromatic carbocycles. The molecule has 2 N–H and O–H groups in total. The molecule has 0 spiro atoms. The van der Waals surface area contributed by atoms with Crippen molar-refractivity contribution in [2.24, 2.45) is 0 Å². The van der Waals surface area contributed by atoms with Gasteiger partial charge >= 0.3 is 0 Å². The van der Waals surface area contributed by atoms with Crippen molar-refractivity contribution in [1.29, 1.82) is 0 Å². The molecule has 0 fully saturated rings. The Bertz CT molecular complexity index is 932. The van der Waals surface area contributed by atoms with Gasteiger partial charge in [0.25, 0.3) is 5.91 Å². The first-order valence-electron chi connectivity index (χ1n) is 7.43. The van der Waals surface area contributed by atoms with E-state index in [4.69, 9.17) is 11.6 Å². The van der Waals surface area contributed by atoms with Gasteiger partial charge in [-0.2, -0.15) is 0 Å². The fourth-order valence-corrected chi connectivity index (χ4v) is 2.44. The molecule has 0 atom stereocenters. The largest absolute Gasteiger partial charge is 0.340 e. The van der Waals surface area contributed by atoms with E-state index in [1.165, 1.54) is 24.5 Å². The van der Waals surface area contributed by atoms with Crippen LogP contribution >= 0.6 is 11.6 Å². The minimum Gasteiger partial charge on any atom is -0.340 e. The normalized spacial score (nSPS) is 10.4. The van der Waals surface area contributed by atoms with Gasteiger partial charge in [0.1, 0.15) is 23.7 Å². The third-order valence-corrected chi connectivity index (χ3v) is 3.67. The van der Waals surface area contributed by atoms with Gasteiger partial charge in [0.15, 0.2) is 0 Å². The van der Waals surface area contributed by atoms with Crippen LogP contribution in [0.4, 0.5) is 21.6 Å². The monoisotopic (exact) mass is 356 g/mol. The summed E-state index contributed by atoms with van der Waals surface area (Å²) >= 11 is 5.91. The lowest BCUT2D eigenvalue weighted by molar-refractivity contribution is 0.102. The third-order valence-electron chi connectivity index (χ3n) is 3.43. The van der Waals surface area contributed by atoms with Crippen LogP contribution in [0, 0.1) is 12.7 Å². The molecule has 0 radical (unpaired) electrons. The van der Waals surface area contributed by atoms with Crippen molar-refractivity contribution in [3.8, 4) is 0 Å². The van der Waals surface area contributed by atoms with Crippen LogP contribution in [0.25, 0.3) is 0 Å². The number of aryl methyl sites for hydroxylation is 1. The number of halogens is 2. The minimum atomic E-state index is -0.380. The highest BCUT2D eigenvalue weighted by atomic mass is 35.5. The van der Waals surface area contributed by atoms with Crippen LogP contribution in [0.5, 0.6) is 0 Å². The third kappa shape index (κ3) is 4.30. The number of carbonyl (C=O) groups is 1. The zero-order valence-corrected chi connectivity index (χ0v) is 14.0. The van der Waals surface area contributed by atoms with Crippen LogP contribution in [-0.4, -0.2) is 15.9 Å². The smallest absolute Gasteiger partial charge is 0.274 e. The summed E-state index contributed by atoms with van der Waals surface area (Å²) < 4.78 is 13.2. The predicted octanol–water partition coefficient (Wildman–Crippen LogP) is 4.57. The fourth-order valence-electron chi connectivity index (χ4n) is 2.22. The number of nitrogens with zero attached hydrogens (tertiary/aromatic N) is 2. The molecule has 7 heteroatoms. The van der Waals surface area contributed by atoms with Gasteiger partial charge in [0, 0.05) is 22.5 Å². The summed E-state index contributed by atoms with van der Waals surface area (Å²) in [4.78, 5) is 20.4. The first kappa shape index (κ1) is 16.9. The first-order chi connectivity index (χ1) is 12.0. The van der Waals surface area contributed by atoms with E-state index >= 15 is 0 Å². The molecule has 0 aliphatic heterocycles. The molecule has 1 amide bonds. The van der Waals surface area contributed by atoms with E-state index in [0.29, 0.717) is 22.2 Å². The van der Waals surface area contributed by atoms with Crippen molar-refractivity contribution in [2.45, 2.75) is 6.92 Å². The molecular weight excluding hydrogens is 343 g/mol. The Hall–Kier alpha value is -2.99. The van der Waals surface area contributed by atoms with E-state index in [2.05, 4.69) is 20.6 Å². The van der Waals surface area contributed by atoms with Crippen molar-refractivity contribution in [3.05, 3.63) is 77.0 Å². The molecule has 1 heterocycles. The standard InChI is InChI=1S/C18H14ClFN4O/c1-11-7-12(19)5-6-15(11)24-18(25)16-9-17(22-10-21-16)23-14-4-2-3-13(20)8-14/h2-10H,1H3,(H,24,25)(H,21,22,23). The number of hydrogen-bond acceptors (Lipinski definition) is 4. The number of anilines is 3. The zero-order chi connectivity index (χ0) is 17.8. The van der Waals surface area contributed by atoms with Gasteiger partial charge in [-0.1, -0.05) is 17.7 Å². The van der Waals surface area contributed by atoms with Crippen LogP contribution < -0.4 is 10.6 Å². The topological polar surface area (TPSA) is 66.9 Å². The number of nitrogens with one attached hydrogen (secondary N) is 2. The van der Waals surface area contributed by atoms with E-state index in [-0.39, 0.29) is 17.4 Å². The maximum Gasteiger partial charge on any atom is 0.274 e. The second-order valence-electron chi connectivity index (χ2n) is 5.34. The highest BCUT2D eigenvalue weighted by molar-refractivity contribution is 6.30. The molecule has 5 nitrogen and oxygen atoms in total. The lowest BCUT2D eigenvalue weighted by Gasteiger charge is -2.09. The summed E-state index contributed by atoms with van der Waals surface area (Å²) in [5.74, 6) is -0.357. The van der Waals surface area contributed by atoms with Crippen molar-refractivity contribution < 1.29 is 9.18 Å². The Morgan fingerprint density at radius 2 is 1.96 bits per heavy atom. The summed E-state index contributed by atoms with van der Waals surface area (Å²) in [5.41, 5.74) is 2.20. The van der Waals surface area contributed by atoms with Crippen LogP contribution in [-0.2, 0) is 0 Å². The molecule has 25 heavy (non-hydrogen) atoms. The SMILES string of the molecule is Cc1cc(Cl)ccc1NC(=O)c1cc(Nc2cccc(F)c2)ncn1. The zero-order valence-electron chi connectivity index (χ0n) is 13.3. The van der Waals surface area contributed by atoms with Gasteiger partial charge in [-0.3, -0.25) is 4.79 Å². The molecule has 0 unspecified atom stereocenters. The molecular formula is C18H14ClFN4O. The maximum absolute atomic E-state index is 13.2. The molecule has 3 rings (SSSR count). The predicted molar refractivity (Wildman–Crippen MR) is 95.9 cm³/mol. The molecule has 126 valence electrons. The van der Waals surface area contributed by atoms with Crippen LogP contribution in [0.1, 0.15) is 16.1 Å². The minimum absolute atomic E-state index is 0.184. The first-order valence-corrected chi connectivity index (χ1v) is 7.81. The molecule has 0 saturated carbocycles. The van der Waals surface area contributed by atoms with Crippen molar-refractivity contribution in [1.82, 2.24) is 9.97 Å². The van der Waals surface area contributed by atoms with E-state index < -0.39 is 0 Å². The summed E-state index contributed by atoms with van der Waals surface area (Å²) in [6, 6.07) is 12.6. The molecule has 0 bridgehead atoms. The Morgan fingerprint density at radius 3 is 2.72 bits per heavy atom. The van der Waals surface area contributed by atoms with Gasteiger partial charge in [0.05, 0.1) is 0 Å². The number of aromatic nitrogens is 2.